The first-order chi connectivity index (χ1) is 7.31. The summed E-state index contributed by atoms with van der Waals surface area (Å²) < 4.78 is 2.00. The number of imidazole rings is 1. The summed E-state index contributed by atoms with van der Waals surface area (Å²) in [4.78, 5) is 5.78. The Hall–Kier alpha value is -1.13. The lowest BCUT2D eigenvalue weighted by Gasteiger charge is -2.02. The highest BCUT2D eigenvalue weighted by molar-refractivity contribution is 7.09. The van der Waals surface area contributed by atoms with Crippen molar-refractivity contribution in [1.82, 2.24) is 9.55 Å². The van der Waals surface area contributed by atoms with Crippen molar-refractivity contribution < 1.29 is 0 Å². The molecular formula is C11H15N3S. The lowest BCUT2D eigenvalue weighted by atomic mass is 10.2. The summed E-state index contributed by atoms with van der Waals surface area (Å²) >= 11 is 1.80. The van der Waals surface area contributed by atoms with Crippen molar-refractivity contribution in [3.63, 3.8) is 0 Å². The van der Waals surface area contributed by atoms with Gasteiger partial charge in [0.15, 0.2) is 0 Å². The van der Waals surface area contributed by atoms with Crippen molar-refractivity contribution in [2.75, 3.05) is 0 Å². The second-order valence-electron chi connectivity index (χ2n) is 3.53. The molecule has 0 aliphatic rings. The third-order valence-corrected chi connectivity index (χ3v) is 3.46. The number of hydrogen-bond acceptors (Lipinski definition) is 3. The minimum Gasteiger partial charge on any atom is -0.336 e. The van der Waals surface area contributed by atoms with E-state index in [1.807, 2.05) is 17.9 Å². The van der Waals surface area contributed by atoms with Gasteiger partial charge in [-0.2, -0.15) is 0 Å². The standard InChI is InChI=1S/C11H15N3S/c1-14-8-13-10(11(14)7-12)5-4-9-3-2-6-15-9/h2-3,6,8H,4-5,7,12H2,1H3. The maximum absolute atomic E-state index is 5.69. The topological polar surface area (TPSA) is 43.8 Å². The zero-order valence-electron chi connectivity index (χ0n) is 8.81. The van der Waals surface area contributed by atoms with Gasteiger partial charge in [0.2, 0.25) is 0 Å². The summed E-state index contributed by atoms with van der Waals surface area (Å²) in [5.74, 6) is 0. The van der Waals surface area contributed by atoms with Gasteiger partial charge in [-0.05, 0) is 24.3 Å². The van der Waals surface area contributed by atoms with Gasteiger partial charge in [0.25, 0.3) is 0 Å². The van der Waals surface area contributed by atoms with Crippen LogP contribution in [0, 0.1) is 0 Å². The van der Waals surface area contributed by atoms with E-state index in [0.29, 0.717) is 6.54 Å². The van der Waals surface area contributed by atoms with Gasteiger partial charge in [-0.1, -0.05) is 6.07 Å². The van der Waals surface area contributed by atoms with Crippen LogP contribution in [0.4, 0.5) is 0 Å². The highest BCUT2D eigenvalue weighted by Gasteiger charge is 2.07. The fourth-order valence-corrected chi connectivity index (χ4v) is 2.38. The van der Waals surface area contributed by atoms with E-state index in [1.165, 1.54) is 4.88 Å². The Morgan fingerprint density at radius 2 is 2.33 bits per heavy atom. The lowest BCUT2D eigenvalue weighted by molar-refractivity contribution is 0.803. The van der Waals surface area contributed by atoms with Gasteiger partial charge < -0.3 is 10.3 Å². The summed E-state index contributed by atoms with van der Waals surface area (Å²) in [6.45, 7) is 0.566. The molecule has 0 spiro atoms. The van der Waals surface area contributed by atoms with Crippen molar-refractivity contribution in [2.45, 2.75) is 19.4 Å². The Morgan fingerprint density at radius 1 is 1.47 bits per heavy atom. The van der Waals surface area contributed by atoms with Crippen molar-refractivity contribution >= 4 is 11.3 Å². The van der Waals surface area contributed by atoms with E-state index in [1.54, 1.807) is 11.3 Å². The van der Waals surface area contributed by atoms with Crippen molar-refractivity contribution in [1.29, 1.82) is 0 Å². The molecule has 0 fully saturated rings. The van der Waals surface area contributed by atoms with Gasteiger partial charge in [0, 0.05) is 18.5 Å². The summed E-state index contributed by atoms with van der Waals surface area (Å²) in [6, 6.07) is 4.25. The summed E-state index contributed by atoms with van der Waals surface area (Å²) in [7, 11) is 1.99. The van der Waals surface area contributed by atoms with Crippen LogP contribution in [0.15, 0.2) is 23.8 Å². The number of nitrogens with zero attached hydrogens (tertiary/aromatic N) is 2. The molecule has 4 heteroatoms. The number of aryl methyl sites for hydroxylation is 3. The minimum absolute atomic E-state index is 0.566. The molecule has 15 heavy (non-hydrogen) atoms. The SMILES string of the molecule is Cn1cnc(CCc2cccs2)c1CN. The summed E-state index contributed by atoms with van der Waals surface area (Å²) in [5, 5.41) is 2.11. The largest absolute Gasteiger partial charge is 0.336 e. The minimum atomic E-state index is 0.566. The Kier molecular flexibility index (Phi) is 3.18. The van der Waals surface area contributed by atoms with Crippen LogP contribution in [-0.4, -0.2) is 9.55 Å². The van der Waals surface area contributed by atoms with Gasteiger partial charge in [-0.25, -0.2) is 4.98 Å². The monoisotopic (exact) mass is 221 g/mol. The van der Waals surface area contributed by atoms with E-state index < -0.39 is 0 Å². The lowest BCUT2D eigenvalue weighted by Crippen LogP contribution is -2.06. The van der Waals surface area contributed by atoms with Gasteiger partial charge in [-0.3, -0.25) is 0 Å². The fraction of sp³-hybridized carbons (Fsp3) is 0.364. The van der Waals surface area contributed by atoms with Crippen molar-refractivity contribution in [3.05, 3.63) is 40.1 Å². The van der Waals surface area contributed by atoms with Crippen LogP contribution in [0.2, 0.25) is 0 Å². The molecule has 2 aromatic rings. The molecule has 0 saturated carbocycles. The maximum Gasteiger partial charge on any atom is 0.0949 e. The molecule has 2 heterocycles. The molecule has 0 bridgehead atoms. The van der Waals surface area contributed by atoms with Crippen molar-refractivity contribution in [3.8, 4) is 0 Å². The first-order valence-electron chi connectivity index (χ1n) is 5.02. The zero-order valence-corrected chi connectivity index (χ0v) is 9.63. The third kappa shape index (κ3) is 2.27. The highest BCUT2D eigenvalue weighted by Crippen LogP contribution is 2.13. The number of nitrogens with two attached hydrogens (primary N) is 1. The second-order valence-corrected chi connectivity index (χ2v) is 4.56. The van der Waals surface area contributed by atoms with E-state index >= 15 is 0 Å². The molecule has 0 saturated heterocycles. The van der Waals surface area contributed by atoms with Crippen LogP contribution in [0.1, 0.15) is 16.3 Å². The molecule has 2 N–H and O–H groups in total. The average Bonchev–Trinajstić information content (AvgIpc) is 2.84. The first-order valence-corrected chi connectivity index (χ1v) is 5.90. The molecule has 0 aliphatic heterocycles. The molecule has 3 nitrogen and oxygen atoms in total. The van der Waals surface area contributed by atoms with E-state index in [4.69, 9.17) is 5.73 Å². The smallest absolute Gasteiger partial charge is 0.0949 e. The number of hydrogen-bond donors (Lipinski definition) is 1. The fourth-order valence-electron chi connectivity index (χ4n) is 1.67. The molecule has 0 aromatic carbocycles. The molecule has 2 aromatic heterocycles. The zero-order chi connectivity index (χ0) is 10.7. The Bertz CT molecular complexity index is 417. The van der Waals surface area contributed by atoms with E-state index in [2.05, 4.69) is 22.5 Å². The summed E-state index contributed by atoms with van der Waals surface area (Å²) in [5.41, 5.74) is 7.96. The van der Waals surface area contributed by atoms with Gasteiger partial charge in [-0.15, -0.1) is 11.3 Å². The van der Waals surface area contributed by atoms with Crippen LogP contribution in [-0.2, 0) is 26.4 Å². The van der Waals surface area contributed by atoms with Gasteiger partial charge >= 0.3 is 0 Å². The molecular weight excluding hydrogens is 206 g/mol. The number of aromatic nitrogens is 2. The van der Waals surface area contributed by atoms with Crippen LogP contribution in [0.5, 0.6) is 0 Å². The Labute approximate surface area is 93.6 Å². The summed E-state index contributed by atoms with van der Waals surface area (Å²) in [6.07, 6.45) is 3.88. The van der Waals surface area contributed by atoms with Crippen LogP contribution < -0.4 is 5.73 Å². The normalized spacial score (nSPS) is 10.8. The van der Waals surface area contributed by atoms with Gasteiger partial charge in [0.1, 0.15) is 0 Å². The second kappa shape index (κ2) is 4.59. The van der Waals surface area contributed by atoms with E-state index in [-0.39, 0.29) is 0 Å². The molecule has 0 unspecified atom stereocenters. The number of thiophene rings is 1. The predicted molar refractivity (Wildman–Crippen MR) is 62.8 cm³/mol. The predicted octanol–water partition coefficient (Wildman–Crippen LogP) is 1.73. The number of rotatable bonds is 4. The molecule has 0 amide bonds. The molecule has 2 rings (SSSR count). The van der Waals surface area contributed by atoms with Crippen LogP contribution in [0.25, 0.3) is 0 Å². The highest BCUT2D eigenvalue weighted by atomic mass is 32.1. The first kappa shape index (κ1) is 10.4. The van der Waals surface area contributed by atoms with Crippen LogP contribution >= 0.6 is 11.3 Å². The van der Waals surface area contributed by atoms with Crippen molar-refractivity contribution in [2.24, 2.45) is 12.8 Å². The Balaban J connectivity index is 2.05. The van der Waals surface area contributed by atoms with Crippen LogP contribution in [0.3, 0.4) is 0 Å². The quantitative estimate of drug-likeness (QED) is 0.854. The maximum atomic E-state index is 5.69. The Morgan fingerprint density at radius 3 is 3.00 bits per heavy atom. The van der Waals surface area contributed by atoms with E-state index in [0.717, 1.165) is 24.2 Å². The molecule has 0 atom stereocenters. The average molecular weight is 221 g/mol. The molecule has 0 aliphatic carbocycles. The van der Waals surface area contributed by atoms with Gasteiger partial charge in [0.05, 0.1) is 17.7 Å². The molecule has 0 radical (unpaired) electrons. The molecule has 80 valence electrons. The third-order valence-electron chi connectivity index (χ3n) is 2.53. The van der Waals surface area contributed by atoms with E-state index in [9.17, 15) is 0 Å².